The predicted octanol–water partition coefficient (Wildman–Crippen LogP) is 2.34. The summed E-state index contributed by atoms with van der Waals surface area (Å²) in [5, 5.41) is 17.0. The first kappa shape index (κ1) is 19.9. The molecule has 154 valence electrons. The highest BCUT2D eigenvalue weighted by Crippen LogP contribution is 2.23. The van der Waals surface area contributed by atoms with Gasteiger partial charge in [0.05, 0.1) is 19.0 Å². The minimum atomic E-state index is 0.0252. The minimum Gasteiger partial charge on any atom is -0.346 e. The Morgan fingerprint density at radius 2 is 2.07 bits per heavy atom. The van der Waals surface area contributed by atoms with Crippen molar-refractivity contribution in [3.05, 3.63) is 53.8 Å². The summed E-state index contributed by atoms with van der Waals surface area (Å²) in [5.74, 6) is 1.63. The van der Waals surface area contributed by atoms with Crippen LogP contribution in [0.5, 0.6) is 0 Å². The molecule has 0 atom stereocenters. The molecule has 3 heterocycles. The standard InChI is InChI=1S/C22H25N7O/c1-17-24-21(26-25-17)16-27-11-13-28(14-12-27)22(30)8-7-18-15-29(10-4-9-23)20-6-3-2-5-19(18)20/h2-3,5-8,15H,4,10-14,16H2,1H3,(H,24,25,26)/b8-7+. The van der Waals surface area contributed by atoms with Crippen molar-refractivity contribution in [2.75, 3.05) is 26.2 Å². The Labute approximate surface area is 175 Å². The van der Waals surface area contributed by atoms with Gasteiger partial charge in [0.2, 0.25) is 5.91 Å². The van der Waals surface area contributed by atoms with Gasteiger partial charge in [0.1, 0.15) is 5.82 Å². The molecule has 0 saturated carbocycles. The van der Waals surface area contributed by atoms with Gasteiger partial charge in [0.25, 0.3) is 0 Å². The number of H-pyrrole nitrogens is 1. The fourth-order valence-corrected chi connectivity index (χ4v) is 3.82. The molecule has 30 heavy (non-hydrogen) atoms. The summed E-state index contributed by atoms with van der Waals surface area (Å²) in [6.07, 6.45) is 6.02. The summed E-state index contributed by atoms with van der Waals surface area (Å²) in [4.78, 5) is 21.2. The van der Waals surface area contributed by atoms with Gasteiger partial charge < -0.3 is 9.47 Å². The molecule has 8 nitrogen and oxygen atoms in total. The fraction of sp³-hybridized carbons (Fsp3) is 0.364. The lowest BCUT2D eigenvalue weighted by Crippen LogP contribution is -2.47. The van der Waals surface area contributed by atoms with E-state index in [2.05, 4.69) is 30.7 Å². The third-order valence-corrected chi connectivity index (χ3v) is 5.38. The number of aromatic nitrogens is 4. The molecule has 1 aliphatic rings. The summed E-state index contributed by atoms with van der Waals surface area (Å²) in [6.45, 7) is 6.23. The molecule has 1 saturated heterocycles. The minimum absolute atomic E-state index is 0.0252. The van der Waals surface area contributed by atoms with Gasteiger partial charge in [-0.25, -0.2) is 4.98 Å². The van der Waals surface area contributed by atoms with Gasteiger partial charge in [0, 0.05) is 61.5 Å². The van der Waals surface area contributed by atoms with Crippen LogP contribution in [0.1, 0.15) is 23.6 Å². The second-order valence-electron chi connectivity index (χ2n) is 7.47. The molecular weight excluding hydrogens is 378 g/mol. The van der Waals surface area contributed by atoms with Gasteiger partial charge >= 0.3 is 0 Å². The Bertz CT molecular complexity index is 1100. The predicted molar refractivity (Wildman–Crippen MR) is 114 cm³/mol. The van der Waals surface area contributed by atoms with Crippen molar-refractivity contribution in [2.24, 2.45) is 0 Å². The van der Waals surface area contributed by atoms with Gasteiger partial charge in [-0.05, 0) is 19.1 Å². The highest BCUT2D eigenvalue weighted by molar-refractivity contribution is 5.96. The number of hydrogen-bond acceptors (Lipinski definition) is 5. The maximum absolute atomic E-state index is 12.7. The summed E-state index contributed by atoms with van der Waals surface area (Å²) >= 11 is 0. The number of carbonyl (C=O) groups is 1. The average molecular weight is 403 g/mol. The Kier molecular flexibility index (Phi) is 5.91. The maximum Gasteiger partial charge on any atom is 0.246 e. The van der Waals surface area contributed by atoms with Crippen molar-refractivity contribution in [2.45, 2.75) is 26.4 Å². The number of hydrogen-bond donors (Lipinski definition) is 1. The van der Waals surface area contributed by atoms with Crippen molar-refractivity contribution in [3.63, 3.8) is 0 Å². The molecule has 1 aromatic carbocycles. The first-order valence-corrected chi connectivity index (χ1v) is 10.2. The number of piperazine rings is 1. The molecule has 0 unspecified atom stereocenters. The van der Waals surface area contributed by atoms with E-state index in [-0.39, 0.29) is 5.91 Å². The second kappa shape index (κ2) is 8.93. The highest BCUT2D eigenvalue weighted by Gasteiger charge is 2.20. The van der Waals surface area contributed by atoms with Crippen LogP contribution in [0.4, 0.5) is 0 Å². The summed E-state index contributed by atoms with van der Waals surface area (Å²) in [6, 6.07) is 10.3. The monoisotopic (exact) mass is 403 g/mol. The molecule has 0 radical (unpaired) electrons. The van der Waals surface area contributed by atoms with Crippen molar-refractivity contribution in [3.8, 4) is 6.07 Å². The number of carbonyl (C=O) groups excluding carboxylic acids is 1. The molecule has 2 aromatic heterocycles. The van der Waals surface area contributed by atoms with Gasteiger partial charge in [0.15, 0.2) is 5.82 Å². The molecule has 1 aliphatic heterocycles. The lowest BCUT2D eigenvalue weighted by molar-refractivity contribution is -0.127. The van der Waals surface area contributed by atoms with Crippen molar-refractivity contribution >= 4 is 22.9 Å². The van der Waals surface area contributed by atoms with E-state index in [1.54, 1.807) is 6.08 Å². The second-order valence-corrected chi connectivity index (χ2v) is 7.47. The molecule has 0 spiro atoms. The van der Waals surface area contributed by atoms with Crippen molar-refractivity contribution in [1.82, 2.24) is 29.5 Å². The van der Waals surface area contributed by atoms with Gasteiger partial charge in [-0.3, -0.25) is 14.8 Å². The number of aryl methyl sites for hydroxylation is 2. The SMILES string of the molecule is Cc1nc(CN2CCN(C(=O)/C=C/c3cn(CCC#N)c4ccccc34)CC2)n[nH]1. The Hall–Kier alpha value is -3.44. The number of nitrogens with one attached hydrogen (secondary N) is 1. The topological polar surface area (TPSA) is 93.8 Å². The Morgan fingerprint density at radius 3 is 2.80 bits per heavy atom. The number of para-hydroxylation sites is 1. The molecular formula is C22H25N7O. The Morgan fingerprint density at radius 1 is 1.27 bits per heavy atom. The summed E-state index contributed by atoms with van der Waals surface area (Å²) in [7, 11) is 0. The van der Waals surface area contributed by atoms with Gasteiger partial charge in [-0.1, -0.05) is 18.2 Å². The van der Waals surface area contributed by atoms with E-state index >= 15 is 0 Å². The van der Waals surface area contributed by atoms with E-state index < -0.39 is 0 Å². The summed E-state index contributed by atoms with van der Waals surface area (Å²) < 4.78 is 2.08. The zero-order valence-corrected chi connectivity index (χ0v) is 17.1. The average Bonchev–Trinajstić information content (AvgIpc) is 3.34. The number of rotatable bonds is 6. The molecule has 4 rings (SSSR count). The highest BCUT2D eigenvalue weighted by atomic mass is 16.2. The third kappa shape index (κ3) is 4.42. The van der Waals surface area contributed by atoms with Crippen LogP contribution in [0.2, 0.25) is 0 Å². The van der Waals surface area contributed by atoms with E-state index in [0.717, 1.165) is 41.2 Å². The molecule has 1 fully saturated rings. The fourth-order valence-electron chi connectivity index (χ4n) is 3.82. The van der Waals surface area contributed by atoms with Crippen LogP contribution in [0.3, 0.4) is 0 Å². The maximum atomic E-state index is 12.7. The van der Waals surface area contributed by atoms with Crippen LogP contribution < -0.4 is 0 Å². The zero-order chi connectivity index (χ0) is 20.9. The van der Waals surface area contributed by atoms with Crippen molar-refractivity contribution < 1.29 is 4.79 Å². The molecule has 0 aliphatic carbocycles. The number of fused-ring (bicyclic) bond motifs is 1. The zero-order valence-electron chi connectivity index (χ0n) is 17.1. The van der Waals surface area contributed by atoms with Crippen molar-refractivity contribution in [1.29, 1.82) is 5.26 Å². The first-order chi connectivity index (χ1) is 14.6. The van der Waals surface area contributed by atoms with Crippen LogP contribution in [0, 0.1) is 18.3 Å². The van der Waals surface area contributed by atoms with Gasteiger partial charge in [-0.15, -0.1) is 0 Å². The molecule has 1 amide bonds. The van der Waals surface area contributed by atoms with E-state index in [0.29, 0.717) is 32.6 Å². The molecule has 8 heteroatoms. The lowest BCUT2D eigenvalue weighted by atomic mass is 10.1. The van der Waals surface area contributed by atoms with E-state index in [4.69, 9.17) is 5.26 Å². The van der Waals surface area contributed by atoms with Crippen LogP contribution in [0.15, 0.2) is 36.5 Å². The lowest BCUT2D eigenvalue weighted by Gasteiger charge is -2.33. The molecule has 0 bridgehead atoms. The number of aromatic amines is 1. The van der Waals surface area contributed by atoms with Crippen LogP contribution in [-0.2, 0) is 17.9 Å². The van der Waals surface area contributed by atoms with Gasteiger partial charge in [-0.2, -0.15) is 10.4 Å². The smallest absolute Gasteiger partial charge is 0.246 e. The molecule has 1 N–H and O–H groups in total. The number of nitrogens with zero attached hydrogens (tertiary/aromatic N) is 6. The van der Waals surface area contributed by atoms with Crippen LogP contribution >= 0.6 is 0 Å². The van der Waals surface area contributed by atoms with E-state index in [9.17, 15) is 4.79 Å². The van der Waals surface area contributed by atoms with Crippen LogP contribution in [-0.4, -0.2) is 61.6 Å². The van der Waals surface area contributed by atoms with E-state index in [1.807, 2.05) is 48.4 Å². The Balaban J connectivity index is 1.38. The largest absolute Gasteiger partial charge is 0.346 e. The third-order valence-electron chi connectivity index (χ3n) is 5.38. The quantitative estimate of drug-likeness (QED) is 0.638. The molecule has 3 aromatic rings. The normalized spacial score (nSPS) is 15.1. The number of nitriles is 1. The van der Waals surface area contributed by atoms with E-state index in [1.165, 1.54) is 0 Å². The summed E-state index contributed by atoms with van der Waals surface area (Å²) in [5.41, 5.74) is 2.08. The van der Waals surface area contributed by atoms with Crippen LogP contribution in [0.25, 0.3) is 17.0 Å². The number of amides is 1. The first-order valence-electron chi connectivity index (χ1n) is 10.2. The number of benzene rings is 1.